The second-order valence-corrected chi connectivity index (χ2v) is 16.6. The quantitative estimate of drug-likeness (QED) is 0.0694. The van der Waals surface area contributed by atoms with Gasteiger partial charge in [-0.1, -0.05) is 117 Å². The Morgan fingerprint density at radius 1 is 0.840 bits per heavy atom. The van der Waals surface area contributed by atoms with E-state index in [2.05, 4.69) is 109 Å². The molecule has 0 amide bonds. The smallest absolute Gasteiger partial charge is 0.164 e. The molecule has 2 heterocycles. The van der Waals surface area contributed by atoms with Crippen molar-refractivity contribution in [1.29, 1.82) is 0 Å². The first-order valence-corrected chi connectivity index (χ1v) is 18.8. The molecule has 3 aromatic carbocycles. The van der Waals surface area contributed by atoms with Gasteiger partial charge in [0.05, 0.1) is 11.9 Å². The molecule has 50 heavy (non-hydrogen) atoms. The number of carbonyl (C=O) groups excluding carboxylic acids is 1. The second kappa shape index (κ2) is 16.1. The first kappa shape index (κ1) is 41.3. The topological polar surface area (TPSA) is 41.2 Å². The van der Waals surface area contributed by atoms with E-state index in [0.29, 0.717) is 5.92 Å². The molecule has 0 bridgehead atoms. The molecule has 5 heteroatoms. The number of allylic oxidation sites excluding steroid dienone is 2. The number of nitrogens with zero attached hydrogens (tertiary/aromatic N) is 1. The molecule has 5 rings (SSSR count). The molecule has 1 radical (unpaired) electrons. The third kappa shape index (κ3) is 8.01. The van der Waals surface area contributed by atoms with Crippen molar-refractivity contribution < 1.29 is 34.6 Å². The first-order valence-electron chi connectivity index (χ1n) is 18.0. The number of hydrogen-bond donors (Lipinski definition) is 1. The number of aliphatic hydroxyl groups excluding tert-OH is 1. The molecule has 271 valence electrons. The summed E-state index contributed by atoms with van der Waals surface area (Å²) in [6, 6.07) is 20.1. The number of hydrogen-bond acceptors (Lipinski definition) is 3. The van der Waals surface area contributed by atoms with E-state index in [1.807, 2.05) is 57.4 Å². The van der Waals surface area contributed by atoms with Gasteiger partial charge in [0.15, 0.2) is 5.78 Å². The summed E-state index contributed by atoms with van der Waals surface area (Å²) in [5, 5.41) is 15.2. The van der Waals surface area contributed by atoms with Crippen molar-refractivity contribution in [2.75, 3.05) is 0 Å². The van der Waals surface area contributed by atoms with Crippen LogP contribution in [-0.4, -0.2) is 10.9 Å². The van der Waals surface area contributed by atoms with Crippen molar-refractivity contribution in [3.8, 4) is 11.3 Å². The maximum Gasteiger partial charge on any atom is 0.164 e. The molecule has 3 nitrogen and oxygen atoms in total. The molecule has 2 aromatic heterocycles. The summed E-state index contributed by atoms with van der Waals surface area (Å²) in [4.78, 5) is 12.2. The number of rotatable bonds is 9. The van der Waals surface area contributed by atoms with E-state index in [9.17, 15) is 9.90 Å². The zero-order valence-electron chi connectivity index (χ0n) is 32.2. The Hall–Kier alpha value is -3.11. The Balaban J connectivity index is 0.000000323. The SMILES string of the molecule is CCC(C)(CC)C(=O)/C=C(\O)C(C)(CC)CC.[CH2-]c1c(-c2c3sc4cc(C(C)C)ccc4c3cc[n+]2[CH2-])cc(C(C)(C)C)c2ccccc12.[Ir]. The van der Waals surface area contributed by atoms with Crippen molar-refractivity contribution >= 4 is 48.1 Å². The van der Waals surface area contributed by atoms with Crippen LogP contribution in [0.2, 0.25) is 0 Å². The molecule has 0 aliphatic heterocycles. The summed E-state index contributed by atoms with van der Waals surface area (Å²) in [6.07, 6.45) is 6.84. The van der Waals surface area contributed by atoms with Gasteiger partial charge >= 0.3 is 0 Å². The van der Waals surface area contributed by atoms with Crippen LogP contribution in [0.15, 0.2) is 72.6 Å². The van der Waals surface area contributed by atoms with Gasteiger partial charge in [0, 0.05) is 53.5 Å². The zero-order valence-corrected chi connectivity index (χ0v) is 35.4. The minimum atomic E-state index is -0.337. The summed E-state index contributed by atoms with van der Waals surface area (Å²) in [6.45, 7) is 28.0. The van der Waals surface area contributed by atoms with Gasteiger partial charge in [0.2, 0.25) is 0 Å². The van der Waals surface area contributed by atoms with E-state index in [0.717, 1.165) is 36.9 Å². The van der Waals surface area contributed by atoms with Crippen LogP contribution in [0.1, 0.15) is 124 Å². The first-order chi connectivity index (χ1) is 23.0. The van der Waals surface area contributed by atoms with Crippen molar-refractivity contribution in [1.82, 2.24) is 0 Å². The average Bonchev–Trinajstić information content (AvgIpc) is 3.45. The fraction of sp³-hybridized carbons (Fsp3) is 0.422. The van der Waals surface area contributed by atoms with Gasteiger partial charge in [0.25, 0.3) is 0 Å². The minimum absolute atomic E-state index is 0. The molecule has 0 saturated carbocycles. The molecule has 0 aliphatic carbocycles. The monoisotopic (exact) mass is 869 g/mol. The molecule has 5 aromatic rings. The van der Waals surface area contributed by atoms with Crippen molar-refractivity contribution in [3.05, 3.63) is 103 Å². The van der Waals surface area contributed by atoms with Crippen LogP contribution in [0.4, 0.5) is 0 Å². The van der Waals surface area contributed by atoms with E-state index >= 15 is 0 Å². The summed E-state index contributed by atoms with van der Waals surface area (Å²) in [7, 11) is 4.37. The maximum atomic E-state index is 12.2. The van der Waals surface area contributed by atoms with Gasteiger partial charge in [-0.25, -0.2) is 0 Å². The Kier molecular flexibility index (Phi) is 13.3. The van der Waals surface area contributed by atoms with E-state index in [-0.39, 0.29) is 47.9 Å². The van der Waals surface area contributed by atoms with Gasteiger partial charge in [-0.05, 0) is 65.5 Å². The number of ketones is 1. The van der Waals surface area contributed by atoms with Crippen molar-refractivity contribution in [2.24, 2.45) is 10.8 Å². The molecule has 0 atom stereocenters. The maximum absolute atomic E-state index is 12.2. The van der Waals surface area contributed by atoms with Gasteiger partial charge < -0.3 is 9.67 Å². The number of aromatic nitrogens is 1. The predicted molar refractivity (Wildman–Crippen MR) is 214 cm³/mol. The standard InChI is InChI=1S/C30H30NS.C15H28O2.Ir/c1-18(2)20-12-13-23-24-14-15-31(7)28(29(24)32-27(23)16-20)25-17-26(30(4,5)6)22-11-9-8-10-21(22)19(25)3;1-7-14(5,8-2)12(16)11-13(17)15(6,9-3)10-4;/h8-18H,3,7H2,1-2,4-6H3;11,16H,7-10H2,1-6H3;/q-1;;/b;12-11-;. The van der Waals surface area contributed by atoms with Gasteiger partial charge in [-0.2, -0.15) is 12.5 Å². The van der Waals surface area contributed by atoms with E-state index in [1.54, 1.807) is 0 Å². The fourth-order valence-electron chi connectivity index (χ4n) is 6.43. The zero-order chi connectivity index (χ0) is 36.5. The third-order valence-corrected chi connectivity index (χ3v) is 12.3. The molecule has 1 N–H and O–H groups in total. The normalized spacial score (nSPS) is 12.7. The number of aliphatic hydroxyl groups is 1. The Bertz CT molecular complexity index is 2000. The van der Waals surface area contributed by atoms with E-state index in [1.165, 1.54) is 53.7 Å². The number of fused-ring (bicyclic) bond motifs is 4. The molecule has 0 aliphatic rings. The van der Waals surface area contributed by atoms with Gasteiger partial charge in [0.1, 0.15) is 5.76 Å². The number of thiophene rings is 1. The van der Waals surface area contributed by atoms with Crippen LogP contribution in [-0.2, 0) is 30.3 Å². The summed E-state index contributed by atoms with van der Waals surface area (Å²) in [5.41, 5.74) is 5.53. The van der Waals surface area contributed by atoms with Crippen molar-refractivity contribution in [2.45, 2.75) is 113 Å². The van der Waals surface area contributed by atoms with E-state index < -0.39 is 0 Å². The minimum Gasteiger partial charge on any atom is -0.512 e. The molecular weight excluding hydrogens is 811 g/mol. The number of carbonyl (C=O) groups is 1. The van der Waals surface area contributed by atoms with Crippen LogP contribution in [0.5, 0.6) is 0 Å². The van der Waals surface area contributed by atoms with Gasteiger partial charge in [-0.3, -0.25) is 4.79 Å². The molecule has 0 saturated heterocycles. The average molecular weight is 869 g/mol. The summed E-state index contributed by atoms with van der Waals surface area (Å²) in [5.74, 6) is 0.803. The Morgan fingerprint density at radius 2 is 1.42 bits per heavy atom. The summed E-state index contributed by atoms with van der Waals surface area (Å²) < 4.78 is 4.63. The van der Waals surface area contributed by atoms with Gasteiger partial charge in [-0.15, -0.1) is 34.4 Å². The van der Waals surface area contributed by atoms with Crippen LogP contribution in [0, 0.1) is 24.8 Å². The third-order valence-electron chi connectivity index (χ3n) is 11.2. The Labute approximate surface area is 319 Å². The number of pyridine rings is 1. The predicted octanol–water partition coefficient (Wildman–Crippen LogP) is 13.1. The summed E-state index contributed by atoms with van der Waals surface area (Å²) >= 11 is 1.87. The van der Waals surface area contributed by atoms with Crippen molar-refractivity contribution in [3.63, 3.8) is 0 Å². The van der Waals surface area contributed by atoms with Crippen LogP contribution in [0.3, 0.4) is 0 Å². The fourth-order valence-corrected chi connectivity index (χ4v) is 7.75. The molecular formula is C45H58IrNO2S-. The second-order valence-electron chi connectivity index (χ2n) is 15.6. The van der Waals surface area contributed by atoms with Crippen LogP contribution < -0.4 is 4.57 Å². The molecule has 0 fully saturated rings. The van der Waals surface area contributed by atoms with Crippen LogP contribution in [0.25, 0.3) is 42.2 Å². The van der Waals surface area contributed by atoms with Crippen LogP contribution >= 0.6 is 11.3 Å². The number of benzene rings is 3. The molecule has 0 unspecified atom stereocenters. The molecule has 0 spiro atoms. The van der Waals surface area contributed by atoms with E-state index in [4.69, 9.17) is 0 Å². The Morgan fingerprint density at radius 3 is 1.96 bits per heavy atom. The largest absolute Gasteiger partial charge is 0.512 e.